The summed E-state index contributed by atoms with van der Waals surface area (Å²) in [5, 5.41) is 11.4. The lowest BCUT2D eigenvalue weighted by Gasteiger charge is -2.19. The number of rotatable bonds is 6. The predicted octanol–water partition coefficient (Wildman–Crippen LogP) is 4.02. The molecule has 112 valence electrons. The van der Waals surface area contributed by atoms with Gasteiger partial charge in [-0.15, -0.1) is 11.8 Å². The van der Waals surface area contributed by atoms with Crippen LogP contribution in [0.2, 0.25) is 10.0 Å². The molecule has 2 rings (SSSR count). The number of hydrogen-bond donors (Lipinski definition) is 2. The van der Waals surface area contributed by atoms with Crippen LogP contribution >= 0.6 is 35.0 Å². The van der Waals surface area contributed by atoms with E-state index in [0.717, 1.165) is 10.5 Å². The van der Waals surface area contributed by atoms with Gasteiger partial charge in [0, 0.05) is 21.7 Å². The smallest absolute Gasteiger partial charge is 0.0788 e. The van der Waals surface area contributed by atoms with Gasteiger partial charge in [-0.3, -0.25) is 0 Å². The van der Waals surface area contributed by atoms with Crippen LogP contribution in [0.15, 0.2) is 53.4 Å². The summed E-state index contributed by atoms with van der Waals surface area (Å²) in [6.45, 7) is 0. The van der Waals surface area contributed by atoms with Crippen LogP contribution in [0, 0.1) is 0 Å². The first-order valence-electron chi connectivity index (χ1n) is 6.61. The molecule has 3 N–H and O–H groups in total. The molecule has 21 heavy (non-hydrogen) atoms. The molecule has 2 aromatic rings. The molecule has 2 nitrogen and oxygen atoms in total. The molecule has 2 atom stereocenters. The van der Waals surface area contributed by atoms with Crippen molar-refractivity contribution in [1.82, 2.24) is 0 Å². The van der Waals surface area contributed by atoms with Crippen LogP contribution in [0.5, 0.6) is 0 Å². The molecule has 0 fully saturated rings. The normalized spacial score (nSPS) is 13.9. The number of aliphatic hydroxyl groups is 1. The van der Waals surface area contributed by atoms with E-state index < -0.39 is 6.10 Å². The van der Waals surface area contributed by atoms with Crippen LogP contribution in [0.3, 0.4) is 0 Å². The van der Waals surface area contributed by atoms with E-state index in [1.54, 1.807) is 18.2 Å². The van der Waals surface area contributed by atoms with E-state index in [1.165, 1.54) is 11.8 Å². The fourth-order valence-electron chi connectivity index (χ4n) is 1.91. The van der Waals surface area contributed by atoms with Gasteiger partial charge in [0.1, 0.15) is 0 Å². The Labute approximate surface area is 139 Å². The second-order valence-corrected chi connectivity index (χ2v) is 6.71. The minimum Gasteiger partial charge on any atom is -0.391 e. The zero-order chi connectivity index (χ0) is 15.2. The minimum absolute atomic E-state index is 0.308. The van der Waals surface area contributed by atoms with Crippen LogP contribution in [0.25, 0.3) is 0 Å². The molecule has 0 radical (unpaired) electrons. The van der Waals surface area contributed by atoms with E-state index in [1.807, 2.05) is 30.3 Å². The summed E-state index contributed by atoms with van der Waals surface area (Å²) in [6, 6.07) is 14.9. The molecule has 0 amide bonds. The summed E-state index contributed by atoms with van der Waals surface area (Å²) in [5.74, 6) is 0.480. The van der Waals surface area contributed by atoms with Crippen LogP contribution in [-0.2, 0) is 6.42 Å². The second kappa shape index (κ2) is 8.06. The number of aliphatic hydroxyl groups excluding tert-OH is 1. The van der Waals surface area contributed by atoms with Crippen LogP contribution < -0.4 is 5.73 Å². The zero-order valence-corrected chi connectivity index (χ0v) is 13.7. The molecule has 2 aromatic carbocycles. The van der Waals surface area contributed by atoms with Gasteiger partial charge >= 0.3 is 0 Å². The minimum atomic E-state index is -0.606. The Morgan fingerprint density at radius 3 is 2.52 bits per heavy atom. The average Bonchev–Trinajstić information content (AvgIpc) is 2.49. The molecule has 0 heterocycles. The highest BCUT2D eigenvalue weighted by molar-refractivity contribution is 7.99. The quantitative estimate of drug-likeness (QED) is 0.780. The first-order chi connectivity index (χ1) is 10.1. The van der Waals surface area contributed by atoms with Crippen molar-refractivity contribution in [3.05, 3.63) is 64.1 Å². The third kappa shape index (κ3) is 5.20. The van der Waals surface area contributed by atoms with Gasteiger partial charge in [0.15, 0.2) is 0 Å². The number of hydrogen-bond acceptors (Lipinski definition) is 3. The summed E-state index contributed by atoms with van der Waals surface area (Å²) in [4.78, 5) is 0.857. The SMILES string of the molecule is NC(Cc1ccccc1)C(O)CSc1cc(Cl)ccc1Cl. The second-order valence-electron chi connectivity index (χ2n) is 4.81. The van der Waals surface area contributed by atoms with Crippen LogP contribution in [0.4, 0.5) is 0 Å². The average molecular weight is 342 g/mol. The van der Waals surface area contributed by atoms with Gasteiger partial charge in [0.25, 0.3) is 0 Å². The number of thioether (sulfide) groups is 1. The van der Waals surface area contributed by atoms with Gasteiger partial charge in [-0.2, -0.15) is 0 Å². The Morgan fingerprint density at radius 2 is 1.81 bits per heavy atom. The van der Waals surface area contributed by atoms with Crippen molar-refractivity contribution in [3.8, 4) is 0 Å². The molecule has 0 saturated carbocycles. The molecule has 0 aliphatic carbocycles. The Morgan fingerprint density at radius 1 is 1.10 bits per heavy atom. The molecular weight excluding hydrogens is 325 g/mol. The molecule has 2 unspecified atom stereocenters. The Kier molecular flexibility index (Phi) is 6.40. The summed E-state index contributed by atoms with van der Waals surface area (Å²) >= 11 is 13.5. The highest BCUT2D eigenvalue weighted by atomic mass is 35.5. The molecule has 0 aliphatic rings. The summed E-state index contributed by atoms with van der Waals surface area (Å²) in [7, 11) is 0. The zero-order valence-electron chi connectivity index (χ0n) is 11.4. The maximum atomic E-state index is 10.2. The number of halogens is 2. The number of nitrogens with two attached hydrogens (primary N) is 1. The van der Waals surface area contributed by atoms with Gasteiger partial charge in [-0.25, -0.2) is 0 Å². The molecule has 0 spiro atoms. The van der Waals surface area contributed by atoms with Crippen molar-refractivity contribution in [2.45, 2.75) is 23.5 Å². The van der Waals surface area contributed by atoms with Gasteiger partial charge < -0.3 is 10.8 Å². The molecule has 0 saturated heterocycles. The Hall–Kier alpha value is -0.710. The standard InChI is InChI=1S/C16H17Cl2NOS/c17-12-6-7-13(18)16(9-12)21-10-15(20)14(19)8-11-4-2-1-3-5-11/h1-7,9,14-15,20H,8,10,19H2. The lowest BCUT2D eigenvalue weighted by molar-refractivity contribution is 0.167. The lowest BCUT2D eigenvalue weighted by Crippen LogP contribution is -2.38. The monoisotopic (exact) mass is 341 g/mol. The summed E-state index contributed by atoms with van der Waals surface area (Å²) in [5.41, 5.74) is 7.18. The third-order valence-corrected chi connectivity index (χ3v) is 4.94. The van der Waals surface area contributed by atoms with E-state index in [0.29, 0.717) is 22.2 Å². The largest absolute Gasteiger partial charge is 0.391 e. The van der Waals surface area contributed by atoms with Gasteiger partial charge in [0.2, 0.25) is 0 Å². The Balaban J connectivity index is 1.89. The number of benzene rings is 2. The first kappa shape index (κ1) is 16.7. The molecular formula is C16H17Cl2NOS. The highest BCUT2D eigenvalue weighted by Crippen LogP contribution is 2.30. The first-order valence-corrected chi connectivity index (χ1v) is 8.36. The van der Waals surface area contributed by atoms with Crippen LogP contribution in [-0.4, -0.2) is 23.0 Å². The van der Waals surface area contributed by atoms with Gasteiger partial charge in [-0.05, 0) is 30.2 Å². The molecule has 0 aliphatic heterocycles. The van der Waals surface area contributed by atoms with E-state index in [4.69, 9.17) is 28.9 Å². The Bertz CT molecular complexity index is 580. The van der Waals surface area contributed by atoms with Crippen molar-refractivity contribution >= 4 is 35.0 Å². The maximum Gasteiger partial charge on any atom is 0.0788 e. The van der Waals surface area contributed by atoms with E-state index in [2.05, 4.69) is 0 Å². The molecule has 0 aromatic heterocycles. The van der Waals surface area contributed by atoms with Crippen molar-refractivity contribution in [2.75, 3.05) is 5.75 Å². The summed E-state index contributed by atoms with van der Waals surface area (Å²) < 4.78 is 0. The van der Waals surface area contributed by atoms with Crippen LogP contribution in [0.1, 0.15) is 5.56 Å². The van der Waals surface area contributed by atoms with E-state index >= 15 is 0 Å². The van der Waals surface area contributed by atoms with Crippen molar-refractivity contribution in [2.24, 2.45) is 5.73 Å². The predicted molar refractivity (Wildman–Crippen MR) is 91.3 cm³/mol. The van der Waals surface area contributed by atoms with Crippen molar-refractivity contribution in [3.63, 3.8) is 0 Å². The maximum absolute atomic E-state index is 10.2. The van der Waals surface area contributed by atoms with Gasteiger partial charge in [0.05, 0.1) is 11.1 Å². The highest BCUT2D eigenvalue weighted by Gasteiger charge is 2.16. The topological polar surface area (TPSA) is 46.2 Å². The third-order valence-electron chi connectivity index (χ3n) is 3.11. The van der Waals surface area contributed by atoms with Crippen molar-refractivity contribution in [1.29, 1.82) is 0 Å². The molecule has 0 bridgehead atoms. The van der Waals surface area contributed by atoms with Crippen molar-refractivity contribution < 1.29 is 5.11 Å². The fourth-order valence-corrected chi connectivity index (χ4v) is 3.44. The summed E-state index contributed by atoms with van der Waals surface area (Å²) in [6.07, 6.45) is 0.0384. The van der Waals surface area contributed by atoms with Gasteiger partial charge in [-0.1, -0.05) is 53.5 Å². The van der Waals surface area contributed by atoms with E-state index in [9.17, 15) is 5.11 Å². The lowest BCUT2D eigenvalue weighted by atomic mass is 10.0. The van der Waals surface area contributed by atoms with E-state index in [-0.39, 0.29) is 6.04 Å². The molecule has 5 heteroatoms. The fraction of sp³-hybridized carbons (Fsp3) is 0.250.